The van der Waals surface area contributed by atoms with Crippen molar-refractivity contribution in [2.75, 3.05) is 7.05 Å². The van der Waals surface area contributed by atoms with Crippen molar-refractivity contribution in [3.05, 3.63) is 78.6 Å². The van der Waals surface area contributed by atoms with Crippen LogP contribution < -0.4 is 0 Å². The Morgan fingerprint density at radius 2 is 1.55 bits per heavy atom. The van der Waals surface area contributed by atoms with Crippen LogP contribution in [0.15, 0.2) is 77.9 Å². The summed E-state index contributed by atoms with van der Waals surface area (Å²) in [6.45, 7) is 3.81. The lowest BCUT2D eigenvalue weighted by Gasteiger charge is -2.21. The molecule has 3 rings (SSSR count). The average molecular weight is 315 g/mol. The molecule has 0 bridgehead atoms. The molecule has 5 heteroatoms. The molecular formula is C17H17NO3S. The summed E-state index contributed by atoms with van der Waals surface area (Å²) >= 11 is 0. The number of rotatable bonds is 3. The molecule has 1 aliphatic rings. The van der Waals surface area contributed by atoms with Gasteiger partial charge in [-0.25, -0.2) is 8.42 Å². The molecule has 0 radical (unpaired) electrons. The van der Waals surface area contributed by atoms with E-state index in [0.717, 1.165) is 5.56 Å². The molecule has 0 aliphatic carbocycles. The molecular weight excluding hydrogens is 298 g/mol. The minimum atomic E-state index is -3.58. The SMILES string of the molecule is C=C1ON(C)[C@@H](c2ccccc2)[C@@H]1S(=O)(=O)c1ccccc1. The van der Waals surface area contributed by atoms with Crippen molar-refractivity contribution in [3.8, 4) is 0 Å². The first-order chi connectivity index (χ1) is 10.5. The Morgan fingerprint density at radius 1 is 1.00 bits per heavy atom. The number of nitrogens with zero attached hydrogens (tertiary/aromatic N) is 1. The van der Waals surface area contributed by atoms with Crippen LogP contribution in [0.25, 0.3) is 0 Å². The highest BCUT2D eigenvalue weighted by molar-refractivity contribution is 7.92. The van der Waals surface area contributed by atoms with Gasteiger partial charge >= 0.3 is 0 Å². The van der Waals surface area contributed by atoms with E-state index in [1.54, 1.807) is 42.4 Å². The predicted molar refractivity (Wildman–Crippen MR) is 84.6 cm³/mol. The molecule has 114 valence electrons. The lowest BCUT2D eigenvalue weighted by atomic mass is 10.0. The number of hydrogen-bond donors (Lipinski definition) is 0. The van der Waals surface area contributed by atoms with Crippen molar-refractivity contribution in [1.29, 1.82) is 0 Å². The first-order valence-corrected chi connectivity index (χ1v) is 8.50. The van der Waals surface area contributed by atoms with E-state index in [0.29, 0.717) is 0 Å². The number of sulfone groups is 1. The summed E-state index contributed by atoms with van der Waals surface area (Å²) in [6, 6.07) is 17.5. The van der Waals surface area contributed by atoms with Crippen LogP contribution in [0.5, 0.6) is 0 Å². The van der Waals surface area contributed by atoms with Crippen LogP contribution in [0, 0.1) is 0 Å². The average Bonchev–Trinajstić information content (AvgIpc) is 2.84. The number of hydroxylamine groups is 2. The maximum atomic E-state index is 13.0. The quantitative estimate of drug-likeness (QED) is 0.873. The first kappa shape index (κ1) is 14.8. The Hall–Kier alpha value is -2.11. The topological polar surface area (TPSA) is 46.6 Å². The van der Waals surface area contributed by atoms with E-state index in [9.17, 15) is 8.42 Å². The molecule has 0 unspecified atom stereocenters. The molecule has 22 heavy (non-hydrogen) atoms. The van der Waals surface area contributed by atoms with Gasteiger partial charge in [-0.15, -0.1) is 5.06 Å². The molecule has 1 fully saturated rings. The monoisotopic (exact) mass is 315 g/mol. The van der Waals surface area contributed by atoms with Crippen LogP contribution >= 0.6 is 0 Å². The van der Waals surface area contributed by atoms with Crippen molar-refractivity contribution in [1.82, 2.24) is 5.06 Å². The third-order valence-electron chi connectivity index (χ3n) is 3.80. The standard InChI is InChI=1S/C17H17NO3S/c1-13-17(22(19,20)15-11-7-4-8-12-15)16(18(2)21-13)14-9-5-3-6-10-14/h3-12,16-17H,1H2,2H3/t16-,17+/m0/s1. The minimum Gasteiger partial charge on any atom is -0.409 e. The molecule has 1 saturated heterocycles. The normalized spacial score (nSPS) is 22.5. The Bertz CT molecular complexity index is 772. The molecule has 0 N–H and O–H groups in total. The molecule has 2 aromatic rings. The molecule has 4 nitrogen and oxygen atoms in total. The molecule has 0 saturated carbocycles. The van der Waals surface area contributed by atoms with Crippen molar-refractivity contribution in [2.24, 2.45) is 0 Å². The van der Waals surface area contributed by atoms with Crippen LogP contribution in [-0.2, 0) is 14.7 Å². The Labute approximate surface area is 130 Å². The molecule has 2 aromatic carbocycles. The van der Waals surface area contributed by atoms with Gasteiger partial charge in [0.25, 0.3) is 0 Å². The van der Waals surface area contributed by atoms with Crippen LogP contribution in [0.1, 0.15) is 11.6 Å². The van der Waals surface area contributed by atoms with E-state index in [1.807, 2.05) is 30.3 Å². The van der Waals surface area contributed by atoms with E-state index in [1.165, 1.54) is 0 Å². The van der Waals surface area contributed by atoms with Gasteiger partial charge in [0.2, 0.25) is 0 Å². The van der Waals surface area contributed by atoms with E-state index in [2.05, 4.69) is 6.58 Å². The minimum absolute atomic E-state index is 0.250. The third kappa shape index (κ3) is 2.42. The summed E-state index contributed by atoms with van der Waals surface area (Å²) in [6.07, 6.45) is 0. The summed E-state index contributed by atoms with van der Waals surface area (Å²) in [7, 11) is -1.86. The zero-order chi connectivity index (χ0) is 15.7. The van der Waals surface area contributed by atoms with Gasteiger partial charge in [-0.2, -0.15) is 0 Å². The van der Waals surface area contributed by atoms with E-state index >= 15 is 0 Å². The Kier molecular flexibility index (Phi) is 3.76. The summed E-state index contributed by atoms with van der Waals surface area (Å²) in [5.41, 5.74) is 0.883. The molecule has 0 spiro atoms. The molecule has 1 heterocycles. The van der Waals surface area contributed by atoms with Crippen LogP contribution in [-0.4, -0.2) is 25.8 Å². The number of hydrogen-bond acceptors (Lipinski definition) is 4. The Morgan fingerprint density at radius 3 is 2.14 bits per heavy atom. The lowest BCUT2D eigenvalue weighted by molar-refractivity contribution is -0.0818. The van der Waals surface area contributed by atoms with Gasteiger partial charge in [0.15, 0.2) is 9.84 Å². The summed E-state index contributed by atoms with van der Waals surface area (Å²) < 4.78 is 26.0. The van der Waals surface area contributed by atoms with Gasteiger partial charge in [-0.3, -0.25) is 0 Å². The first-order valence-electron chi connectivity index (χ1n) is 6.95. The van der Waals surface area contributed by atoms with Crippen molar-refractivity contribution < 1.29 is 13.3 Å². The molecule has 0 aromatic heterocycles. The Balaban J connectivity index is 2.09. The van der Waals surface area contributed by atoms with Crippen LogP contribution in [0.2, 0.25) is 0 Å². The van der Waals surface area contributed by atoms with E-state index in [-0.39, 0.29) is 10.7 Å². The highest BCUT2D eigenvalue weighted by atomic mass is 32.2. The van der Waals surface area contributed by atoms with Gasteiger partial charge in [-0.1, -0.05) is 55.1 Å². The van der Waals surface area contributed by atoms with Crippen molar-refractivity contribution >= 4 is 9.84 Å². The van der Waals surface area contributed by atoms with Gasteiger partial charge in [0.1, 0.15) is 11.0 Å². The third-order valence-corrected chi connectivity index (χ3v) is 5.92. The molecule has 0 amide bonds. The fourth-order valence-electron chi connectivity index (χ4n) is 2.79. The highest BCUT2D eigenvalue weighted by Gasteiger charge is 2.47. The fourth-order valence-corrected chi connectivity index (χ4v) is 4.68. The maximum absolute atomic E-state index is 13.0. The second-order valence-electron chi connectivity index (χ2n) is 5.24. The maximum Gasteiger partial charge on any atom is 0.190 e. The molecule has 2 atom stereocenters. The second kappa shape index (κ2) is 5.59. The van der Waals surface area contributed by atoms with Crippen LogP contribution in [0.3, 0.4) is 0 Å². The van der Waals surface area contributed by atoms with E-state index in [4.69, 9.17) is 4.84 Å². The fraction of sp³-hybridized carbons (Fsp3) is 0.176. The zero-order valence-electron chi connectivity index (χ0n) is 12.2. The van der Waals surface area contributed by atoms with Crippen molar-refractivity contribution in [2.45, 2.75) is 16.2 Å². The van der Waals surface area contributed by atoms with Crippen molar-refractivity contribution in [3.63, 3.8) is 0 Å². The largest absolute Gasteiger partial charge is 0.409 e. The van der Waals surface area contributed by atoms with Gasteiger partial charge in [0.05, 0.1) is 10.9 Å². The summed E-state index contributed by atoms with van der Waals surface area (Å²) in [5, 5.41) is 0.727. The lowest BCUT2D eigenvalue weighted by Crippen LogP contribution is -2.30. The van der Waals surface area contributed by atoms with E-state index < -0.39 is 21.1 Å². The predicted octanol–water partition coefficient (Wildman–Crippen LogP) is 2.96. The van der Waals surface area contributed by atoms with Gasteiger partial charge in [0, 0.05) is 7.05 Å². The summed E-state index contributed by atoms with van der Waals surface area (Å²) in [4.78, 5) is 5.79. The smallest absolute Gasteiger partial charge is 0.190 e. The second-order valence-corrected chi connectivity index (χ2v) is 7.31. The van der Waals surface area contributed by atoms with Crippen LogP contribution in [0.4, 0.5) is 0 Å². The zero-order valence-corrected chi connectivity index (χ0v) is 13.0. The van der Waals surface area contributed by atoms with Gasteiger partial charge < -0.3 is 4.84 Å². The highest BCUT2D eigenvalue weighted by Crippen LogP contribution is 2.41. The molecule has 1 aliphatic heterocycles. The summed E-state index contributed by atoms with van der Waals surface area (Å²) in [5.74, 6) is 0.250. The van der Waals surface area contributed by atoms with Gasteiger partial charge in [-0.05, 0) is 17.7 Å². The number of benzene rings is 2.